The maximum Gasteiger partial charge on any atom is 0.185 e. The van der Waals surface area contributed by atoms with Crippen molar-refractivity contribution in [1.82, 2.24) is 4.90 Å². The molecule has 0 amide bonds. The predicted octanol–water partition coefficient (Wildman–Crippen LogP) is 1.05. The highest BCUT2D eigenvalue weighted by Crippen LogP contribution is 1.99. The van der Waals surface area contributed by atoms with Gasteiger partial charge < -0.3 is 0 Å². The Morgan fingerprint density at radius 3 is 2.50 bits per heavy atom. The van der Waals surface area contributed by atoms with Gasteiger partial charge in [0.1, 0.15) is 4.32 Å². The van der Waals surface area contributed by atoms with Crippen LogP contribution in [-0.4, -0.2) is 22.5 Å². The van der Waals surface area contributed by atoms with Crippen LogP contribution in [0.5, 0.6) is 0 Å². The molecule has 0 heterocycles. The molecule has 0 N–H and O–H groups in total. The predicted molar refractivity (Wildman–Crippen MR) is 39.5 cm³/mol. The summed E-state index contributed by atoms with van der Waals surface area (Å²) in [5.74, 6) is 0. The molecular weight excluding hydrogens is 140 g/mol. The Morgan fingerprint density at radius 1 is 1.88 bits per heavy atom. The summed E-state index contributed by atoms with van der Waals surface area (Å²) < 4.78 is 0.604. The summed E-state index contributed by atoms with van der Waals surface area (Å²) in [6, 6.07) is 0. The molecule has 0 spiro atoms. The Labute approximate surface area is 58.5 Å². The maximum atomic E-state index is 8.21. The molecule has 8 heavy (non-hydrogen) atoms. The summed E-state index contributed by atoms with van der Waals surface area (Å²) in [6.07, 6.45) is 3.73. The van der Waals surface area contributed by atoms with Crippen LogP contribution in [0.1, 0.15) is 0 Å². The molecule has 0 aliphatic rings. The van der Waals surface area contributed by atoms with Gasteiger partial charge in [0.2, 0.25) is 0 Å². The normalized spacial score (nSPS) is 7.62. The maximum absolute atomic E-state index is 8.21. The van der Waals surface area contributed by atoms with Gasteiger partial charge >= 0.3 is 0 Å². The van der Waals surface area contributed by atoms with E-state index in [0.717, 1.165) is 0 Å². The van der Waals surface area contributed by atoms with Crippen molar-refractivity contribution in [1.29, 1.82) is 5.26 Å². The van der Waals surface area contributed by atoms with Gasteiger partial charge in [-0.2, -0.15) is 5.26 Å². The molecule has 0 fully saturated rings. The largest absolute Gasteiger partial charge is 0.267 e. The highest BCUT2D eigenvalue weighted by Gasteiger charge is 1.96. The Kier molecular flexibility index (Phi) is 3.57. The zero-order valence-electron chi connectivity index (χ0n) is 4.71. The first-order chi connectivity index (χ1) is 3.72. The summed E-state index contributed by atoms with van der Waals surface area (Å²) in [7, 11) is 1.64. The van der Waals surface area contributed by atoms with E-state index < -0.39 is 0 Å². The summed E-state index contributed by atoms with van der Waals surface area (Å²) in [5, 5.41) is 8.21. The smallest absolute Gasteiger partial charge is 0.185 e. The van der Waals surface area contributed by atoms with Crippen LogP contribution in [0.4, 0.5) is 0 Å². The number of hydrogen-bond donors (Lipinski definition) is 0. The van der Waals surface area contributed by atoms with Crippen molar-refractivity contribution in [2.75, 3.05) is 13.3 Å². The van der Waals surface area contributed by atoms with Gasteiger partial charge in [-0.25, -0.2) is 0 Å². The third-order valence-corrected chi connectivity index (χ3v) is 2.00. The Morgan fingerprint density at radius 2 is 2.38 bits per heavy atom. The molecule has 44 valence electrons. The van der Waals surface area contributed by atoms with Crippen molar-refractivity contribution in [3.63, 3.8) is 0 Å². The van der Waals surface area contributed by atoms with Gasteiger partial charge in [-0.05, 0) is 6.26 Å². The number of thiocarbonyl (C=S) groups is 1. The summed E-state index contributed by atoms with van der Waals surface area (Å²) in [4.78, 5) is 1.35. The number of thioether (sulfide) groups is 1. The van der Waals surface area contributed by atoms with Crippen LogP contribution >= 0.6 is 24.0 Å². The molecule has 4 heteroatoms. The van der Waals surface area contributed by atoms with Crippen LogP contribution < -0.4 is 0 Å². The number of hydrogen-bond acceptors (Lipinski definition) is 3. The molecule has 0 radical (unpaired) electrons. The molecule has 2 nitrogen and oxygen atoms in total. The van der Waals surface area contributed by atoms with Crippen LogP contribution in [-0.2, 0) is 0 Å². The first kappa shape index (κ1) is 7.73. The quantitative estimate of drug-likeness (QED) is 0.290. The van der Waals surface area contributed by atoms with E-state index in [1.807, 2.05) is 12.4 Å². The lowest BCUT2D eigenvalue weighted by Gasteiger charge is -2.04. The Balaban J connectivity index is 3.68. The fraction of sp³-hybridized carbons (Fsp3) is 0.500. The van der Waals surface area contributed by atoms with Crippen LogP contribution in [0, 0.1) is 11.5 Å². The van der Waals surface area contributed by atoms with Crippen LogP contribution in [0.3, 0.4) is 0 Å². The molecular formula is C4H6N2S2. The second-order valence-electron chi connectivity index (χ2n) is 1.13. The van der Waals surface area contributed by atoms with E-state index in [-0.39, 0.29) is 0 Å². The van der Waals surface area contributed by atoms with E-state index in [1.54, 1.807) is 7.05 Å². The summed E-state index contributed by atoms with van der Waals surface area (Å²) in [5.41, 5.74) is 0. The zero-order valence-corrected chi connectivity index (χ0v) is 6.34. The van der Waals surface area contributed by atoms with Gasteiger partial charge in [0.25, 0.3) is 0 Å². The van der Waals surface area contributed by atoms with Crippen LogP contribution in [0.25, 0.3) is 0 Å². The van der Waals surface area contributed by atoms with Gasteiger partial charge in [-0.3, -0.25) is 4.90 Å². The van der Waals surface area contributed by atoms with Crippen LogP contribution in [0.15, 0.2) is 0 Å². The molecule has 0 aliphatic heterocycles. The second kappa shape index (κ2) is 3.70. The molecule has 0 saturated carbocycles. The molecule has 0 aromatic heterocycles. The first-order valence-electron chi connectivity index (χ1n) is 1.93. The number of rotatable bonds is 0. The standard InChI is InChI=1S/C4H6N2S2/c1-6(3-5)4(7)8-2/h1-2H3. The van der Waals surface area contributed by atoms with E-state index in [0.29, 0.717) is 4.32 Å². The summed E-state index contributed by atoms with van der Waals surface area (Å²) in [6.45, 7) is 0. The van der Waals surface area contributed by atoms with Gasteiger partial charge in [0.15, 0.2) is 6.19 Å². The molecule has 0 saturated heterocycles. The van der Waals surface area contributed by atoms with Gasteiger partial charge in [-0.15, -0.1) is 0 Å². The number of nitriles is 1. The minimum absolute atomic E-state index is 0.604. The highest BCUT2D eigenvalue weighted by atomic mass is 32.2. The van der Waals surface area contributed by atoms with Crippen molar-refractivity contribution >= 4 is 28.3 Å². The SMILES string of the molecule is CSC(=S)N(C)C#N. The molecule has 0 atom stereocenters. The summed E-state index contributed by atoms with van der Waals surface area (Å²) >= 11 is 6.14. The molecule has 0 rings (SSSR count). The third-order valence-electron chi connectivity index (χ3n) is 0.598. The molecule has 0 bridgehead atoms. The lowest BCUT2D eigenvalue weighted by Crippen LogP contribution is -2.14. The van der Waals surface area contributed by atoms with E-state index in [2.05, 4.69) is 0 Å². The topological polar surface area (TPSA) is 27.0 Å². The fourth-order valence-electron chi connectivity index (χ4n) is 0.178. The van der Waals surface area contributed by atoms with E-state index in [4.69, 9.17) is 17.5 Å². The highest BCUT2D eigenvalue weighted by molar-refractivity contribution is 8.22. The van der Waals surface area contributed by atoms with Crippen molar-refractivity contribution < 1.29 is 0 Å². The average molecular weight is 146 g/mol. The van der Waals surface area contributed by atoms with Gasteiger partial charge in [0, 0.05) is 7.05 Å². The van der Waals surface area contributed by atoms with E-state index >= 15 is 0 Å². The monoisotopic (exact) mass is 146 g/mol. The Hall–Kier alpha value is -0.270. The van der Waals surface area contributed by atoms with Crippen LogP contribution in [0.2, 0.25) is 0 Å². The Bertz CT molecular complexity index is 126. The van der Waals surface area contributed by atoms with Gasteiger partial charge in [-0.1, -0.05) is 24.0 Å². The third kappa shape index (κ3) is 2.15. The minimum atomic E-state index is 0.604. The fourth-order valence-corrected chi connectivity index (χ4v) is 0.533. The number of nitrogens with zero attached hydrogens (tertiary/aromatic N) is 2. The van der Waals surface area contributed by atoms with Crippen molar-refractivity contribution in [3.05, 3.63) is 0 Å². The zero-order chi connectivity index (χ0) is 6.57. The van der Waals surface area contributed by atoms with Crippen molar-refractivity contribution in [2.45, 2.75) is 0 Å². The first-order valence-corrected chi connectivity index (χ1v) is 3.57. The lowest BCUT2D eigenvalue weighted by atomic mass is 11.0. The minimum Gasteiger partial charge on any atom is -0.267 e. The van der Waals surface area contributed by atoms with Gasteiger partial charge in [0.05, 0.1) is 0 Å². The van der Waals surface area contributed by atoms with E-state index in [1.165, 1.54) is 16.7 Å². The molecule has 0 aromatic rings. The molecule has 0 aliphatic carbocycles. The second-order valence-corrected chi connectivity index (χ2v) is 2.57. The lowest BCUT2D eigenvalue weighted by molar-refractivity contribution is 0.740. The molecule has 0 aromatic carbocycles. The van der Waals surface area contributed by atoms with Crippen molar-refractivity contribution in [2.24, 2.45) is 0 Å². The molecule has 0 unspecified atom stereocenters. The van der Waals surface area contributed by atoms with E-state index in [9.17, 15) is 0 Å². The average Bonchev–Trinajstić information content (AvgIpc) is 1.84. The van der Waals surface area contributed by atoms with Crippen molar-refractivity contribution in [3.8, 4) is 6.19 Å².